The van der Waals surface area contributed by atoms with Crippen LogP contribution in [-0.2, 0) is 13.0 Å². The first-order valence-corrected chi connectivity index (χ1v) is 12.7. The van der Waals surface area contributed by atoms with Crippen molar-refractivity contribution in [3.05, 3.63) is 86.7 Å². The van der Waals surface area contributed by atoms with Crippen molar-refractivity contribution in [2.24, 2.45) is 0 Å². The topological polar surface area (TPSA) is 94.7 Å². The summed E-state index contributed by atoms with van der Waals surface area (Å²) in [5.74, 6) is 1.73. The zero-order chi connectivity index (χ0) is 25.7. The van der Waals surface area contributed by atoms with Crippen LogP contribution < -0.4 is 9.47 Å². The number of rotatable bonds is 6. The fourth-order valence-corrected chi connectivity index (χ4v) is 5.24. The van der Waals surface area contributed by atoms with Gasteiger partial charge in [0.25, 0.3) is 0 Å². The third-order valence-corrected chi connectivity index (χ3v) is 7.38. The van der Waals surface area contributed by atoms with E-state index in [-0.39, 0.29) is 18.1 Å². The molecule has 1 aliphatic heterocycles. The molecule has 4 aromatic rings. The third kappa shape index (κ3) is 4.54. The van der Waals surface area contributed by atoms with Gasteiger partial charge in [0, 0.05) is 24.0 Å². The smallest absolute Gasteiger partial charge is 0.335 e. The van der Waals surface area contributed by atoms with Crippen molar-refractivity contribution >= 4 is 29.2 Å². The van der Waals surface area contributed by atoms with Gasteiger partial charge < -0.3 is 19.1 Å². The number of hydrogen-bond acceptors (Lipinski definition) is 6. The monoisotopic (exact) mass is 536 g/mol. The summed E-state index contributed by atoms with van der Waals surface area (Å²) in [6.07, 6.45) is 2.69. The number of benzene rings is 2. The normalized spacial score (nSPS) is 16.4. The van der Waals surface area contributed by atoms with Crippen LogP contribution in [0.2, 0.25) is 10.0 Å². The minimum atomic E-state index is -0.998. The average Bonchev–Trinajstić information content (AvgIpc) is 3.65. The SMILES string of the molecule is C[C@@H]1Cc2nc(OCc3c(-c4c(Cl)cccc4Cl)noc3C3CC3)ccc2Oc2cc(C(=O)O)ccc21. The Kier molecular flexibility index (Phi) is 6.05. The van der Waals surface area contributed by atoms with Crippen molar-refractivity contribution < 1.29 is 23.9 Å². The third-order valence-electron chi connectivity index (χ3n) is 6.75. The lowest BCUT2D eigenvalue weighted by Gasteiger charge is -2.12. The zero-order valence-electron chi connectivity index (χ0n) is 19.8. The molecule has 0 bridgehead atoms. The van der Waals surface area contributed by atoms with Crippen molar-refractivity contribution in [1.29, 1.82) is 0 Å². The van der Waals surface area contributed by atoms with Crippen LogP contribution >= 0.6 is 23.2 Å². The Morgan fingerprint density at radius 3 is 2.62 bits per heavy atom. The number of fused-ring (bicyclic) bond motifs is 2. The molecule has 6 rings (SSSR count). The maximum atomic E-state index is 11.4. The Morgan fingerprint density at radius 1 is 1.11 bits per heavy atom. The number of hydrogen-bond donors (Lipinski definition) is 1. The van der Waals surface area contributed by atoms with Gasteiger partial charge >= 0.3 is 5.97 Å². The Balaban J connectivity index is 1.29. The molecule has 1 atom stereocenters. The molecule has 7 nitrogen and oxygen atoms in total. The first-order valence-electron chi connectivity index (χ1n) is 12.0. The fraction of sp³-hybridized carbons (Fsp3) is 0.250. The van der Waals surface area contributed by atoms with Gasteiger partial charge in [0.05, 0.1) is 26.9 Å². The predicted molar refractivity (Wildman–Crippen MR) is 138 cm³/mol. The summed E-state index contributed by atoms with van der Waals surface area (Å²) in [6.45, 7) is 2.25. The lowest BCUT2D eigenvalue weighted by molar-refractivity contribution is 0.0696. The number of aromatic nitrogens is 2. The molecule has 9 heteroatoms. The van der Waals surface area contributed by atoms with Crippen LogP contribution in [0.3, 0.4) is 0 Å². The molecule has 1 N–H and O–H groups in total. The lowest BCUT2D eigenvalue weighted by atomic mass is 9.95. The predicted octanol–water partition coefficient (Wildman–Crippen LogP) is 7.65. The molecule has 0 amide bonds. The van der Waals surface area contributed by atoms with Gasteiger partial charge in [0.2, 0.25) is 5.88 Å². The van der Waals surface area contributed by atoms with Gasteiger partial charge in [-0.05, 0) is 54.7 Å². The Hall–Kier alpha value is -3.55. The minimum Gasteiger partial charge on any atom is -0.478 e. The first-order chi connectivity index (χ1) is 17.9. The van der Waals surface area contributed by atoms with Crippen LogP contribution in [0, 0.1) is 0 Å². The van der Waals surface area contributed by atoms with E-state index in [0.29, 0.717) is 51.0 Å². The van der Waals surface area contributed by atoms with Crippen LogP contribution in [0.5, 0.6) is 17.4 Å². The Labute approximate surface area is 222 Å². The molecule has 0 radical (unpaired) electrons. The first kappa shape index (κ1) is 23.8. The van der Waals surface area contributed by atoms with Crippen molar-refractivity contribution in [2.45, 2.75) is 44.6 Å². The molecule has 1 aliphatic carbocycles. The number of ether oxygens (including phenoxy) is 2. The summed E-state index contributed by atoms with van der Waals surface area (Å²) < 4.78 is 18.0. The number of aromatic carboxylic acids is 1. The molecule has 0 unspecified atom stereocenters. The molecule has 0 spiro atoms. The molecule has 2 aromatic heterocycles. The molecule has 0 saturated heterocycles. The van der Waals surface area contributed by atoms with Gasteiger partial charge in [-0.25, -0.2) is 9.78 Å². The molecule has 37 heavy (non-hydrogen) atoms. The maximum absolute atomic E-state index is 11.4. The molecule has 2 aromatic carbocycles. The number of pyridine rings is 1. The summed E-state index contributed by atoms with van der Waals surface area (Å²) in [5.41, 5.74) is 3.86. The van der Waals surface area contributed by atoms with E-state index in [2.05, 4.69) is 12.1 Å². The summed E-state index contributed by atoms with van der Waals surface area (Å²) in [6, 6.07) is 13.8. The Morgan fingerprint density at radius 2 is 1.89 bits per heavy atom. The van der Waals surface area contributed by atoms with Crippen LogP contribution in [0.1, 0.15) is 64.5 Å². The number of carboxylic acid groups (broad SMARTS) is 1. The largest absolute Gasteiger partial charge is 0.478 e. The quantitative estimate of drug-likeness (QED) is 0.270. The highest BCUT2D eigenvalue weighted by Gasteiger charge is 2.34. The summed E-state index contributed by atoms with van der Waals surface area (Å²) in [4.78, 5) is 16.1. The Bertz CT molecular complexity index is 1510. The van der Waals surface area contributed by atoms with E-state index >= 15 is 0 Å². The molecular formula is C28H22Cl2N2O5. The number of halogens is 2. The summed E-state index contributed by atoms with van der Waals surface area (Å²) in [5, 5.41) is 14.7. The summed E-state index contributed by atoms with van der Waals surface area (Å²) in [7, 11) is 0. The van der Waals surface area contributed by atoms with Gasteiger partial charge in [-0.2, -0.15) is 0 Å². The van der Waals surface area contributed by atoms with Crippen LogP contribution in [0.25, 0.3) is 11.3 Å². The van der Waals surface area contributed by atoms with Gasteiger partial charge in [0.1, 0.15) is 29.6 Å². The van der Waals surface area contributed by atoms with E-state index in [1.54, 1.807) is 48.5 Å². The van der Waals surface area contributed by atoms with Gasteiger partial charge in [0.15, 0.2) is 0 Å². The van der Waals surface area contributed by atoms with Crippen LogP contribution in [-0.4, -0.2) is 21.2 Å². The zero-order valence-corrected chi connectivity index (χ0v) is 21.3. The second-order valence-electron chi connectivity index (χ2n) is 9.39. The van der Waals surface area contributed by atoms with Gasteiger partial charge in [-0.1, -0.05) is 47.4 Å². The molecule has 2 aliphatic rings. The number of carbonyl (C=O) groups is 1. The van der Waals surface area contributed by atoms with Crippen LogP contribution in [0.4, 0.5) is 0 Å². The highest BCUT2D eigenvalue weighted by Crippen LogP contribution is 2.46. The number of nitrogens with zero attached hydrogens (tertiary/aromatic N) is 2. The molecule has 188 valence electrons. The van der Waals surface area contributed by atoms with E-state index in [9.17, 15) is 9.90 Å². The van der Waals surface area contributed by atoms with E-state index in [0.717, 1.165) is 35.4 Å². The van der Waals surface area contributed by atoms with Crippen molar-refractivity contribution in [1.82, 2.24) is 10.1 Å². The summed E-state index contributed by atoms with van der Waals surface area (Å²) >= 11 is 12.9. The molecule has 3 heterocycles. The fourth-order valence-electron chi connectivity index (χ4n) is 4.66. The number of carboxylic acids is 1. The standard InChI is InChI=1S/C28H22Cl2N2O5/c1-14-11-21-22(36-23-12-16(28(33)34)7-8-17(14)23)9-10-24(31-21)35-13-18-26(32-37-27(18)15-5-6-15)25-19(29)3-2-4-20(25)30/h2-4,7-10,12,14-15H,5-6,11,13H2,1H3,(H,33,34)/t14-/m1/s1. The molecular weight excluding hydrogens is 515 g/mol. The second kappa shape index (κ2) is 9.39. The van der Waals surface area contributed by atoms with Gasteiger partial charge in [-0.3, -0.25) is 0 Å². The second-order valence-corrected chi connectivity index (χ2v) is 10.2. The van der Waals surface area contributed by atoms with Crippen molar-refractivity contribution in [3.8, 4) is 28.6 Å². The van der Waals surface area contributed by atoms with Crippen molar-refractivity contribution in [3.63, 3.8) is 0 Å². The van der Waals surface area contributed by atoms with E-state index in [1.165, 1.54) is 0 Å². The lowest BCUT2D eigenvalue weighted by Crippen LogP contribution is -2.04. The van der Waals surface area contributed by atoms with E-state index in [1.807, 2.05) is 0 Å². The highest BCUT2D eigenvalue weighted by molar-refractivity contribution is 6.39. The maximum Gasteiger partial charge on any atom is 0.335 e. The minimum absolute atomic E-state index is 0.0790. The van der Waals surface area contributed by atoms with Crippen LogP contribution in [0.15, 0.2) is 53.1 Å². The molecule has 1 fully saturated rings. The van der Waals surface area contributed by atoms with Gasteiger partial charge in [-0.15, -0.1) is 0 Å². The van der Waals surface area contributed by atoms with E-state index in [4.69, 9.17) is 42.2 Å². The van der Waals surface area contributed by atoms with Crippen molar-refractivity contribution in [2.75, 3.05) is 0 Å². The average molecular weight is 537 g/mol. The van der Waals surface area contributed by atoms with E-state index < -0.39 is 5.97 Å². The highest BCUT2D eigenvalue weighted by atomic mass is 35.5. The molecule has 1 saturated carbocycles.